The number of thioether (sulfide) groups is 1. The average molecular weight is 503 g/mol. The molecular weight excluding hydrogens is 483 g/mol. The number of nitrogens with zero attached hydrogens (tertiary/aromatic N) is 4. The summed E-state index contributed by atoms with van der Waals surface area (Å²) in [6.07, 6.45) is 1.81. The van der Waals surface area contributed by atoms with E-state index in [1.165, 1.54) is 11.1 Å². The summed E-state index contributed by atoms with van der Waals surface area (Å²) >= 11 is 15.5. The molecular formula is C23H20Cl2N4OS2. The van der Waals surface area contributed by atoms with Gasteiger partial charge in [0, 0.05) is 34.3 Å². The maximum atomic E-state index is 6.19. The molecule has 0 aliphatic carbocycles. The van der Waals surface area contributed by atoms with Crippen LogP contribution in [-0.2, 0) is 18.9 Å². The van der Waals surface area contributed by atoms with Gasteiger partial charge >= 0.3 is 0 Å². The summed E-state index contributed by atoms with van der Waals surface area (Å²) in [5, 5.41) is 13.6. The summed E-state index contributed by atoms with van der Waals surface area (Å²) in [5.74, 6) is 1.88. The van der Waals surface area contributed by atoms with Crippen LogP contribution in [0.4, 0.5) is 0 Å². The minimum Gasteiger partial charge on any atom is -0.484 e. The molecule has 0 unspecified atom stereocenters. The Hall–Kier alpha value is -2.32. The van der Waals surface area contributed by atoms with Gasteiger partial charge in [-0.05, 0) is 24.6 Å². The topological polar surface area (TPSA) is 52.8 Å². The van der Waals surface area contributed by atoms with Crippen LogP contribution in [0.3, 0.4) is 0 Å². The smallest absolute Gasteiger partial charge is 0.191 e. The summed E-state index contributed by atoms with van der Waals surface area (Å²) in [7, 11) is 0. The number of ether oxygens (including phenoxy) is 1. The molecule has 0 saturated heterocycles. The highest BCUT2D eigenvalue weighted by Crippen LogP contribution is 2.31. The SMILES string of the molecule is C=CCn1c(COc2cc(Cl)ccc2Cl)nnc1SCc1csc(-c2ccccc2C)n1. The van der Waals surface area contributed by atoms with Gasteiger partial charge in [0.15, 0.2) is 11.0 Å². The Morgan fingerprint density at radius 3 is 2.84 bits per heavy atom. The van der Waals surface area contributed by atoms with Crippen molar-refractivity contribution in [3.8, 4) is 16.3 Å². The lowest BCUT2D eigenvalue weighted by Crippen LogP contribution is -2.07. The molecule has 2 aromatic heterocycles. The summed E-state index contributed by atoms with van der Waals surface area (Å²) < 4.78 is 7.81. The highest BCUT2D eigenvalue weighted by atomic mass is 35.5. The van der Waals surface area contributed by atoms with Crippen LogP contribution in [-0.4, -0.2) is 19.7 Å². The molecule has 0 radical (unpaired) electrons. The van der Waals surface area contributed by atoms with Gasteiger partial charge in [-0.1, -0.05) is 65.3 Å². The molecule has 0 N–H and O–H groups in total. The molecule has 164 valence electrons. The van der Waals surface area contributed by atoms with Gasteiger partial charge in [-0.25, -0.2) is 4.98 Å². The van der Waals surface area contributed by atoms with Crippen molar-refractivity contribution in [2.24, 2.45) is 0 Å². The van der Waals surface area contributed by atoms with Gasteiger partial charge in [0.05, 0.1) is 10.7 Å². The van der Waals surface area contributed by atoms with E-state index in [0.29, 0.717) is 33.9 Å². The normalized spacial score (nSPS) is 11.0. The molecule has 0 fully saturated rings. The quantitative estimate of drug-likeness (QED) is 0.181. The summed E-state index contributed by atoms with van der Waals surface area (Å²) in [5.41, 5.74) is 3.40. The van der Waals surface area contributed by atoms with Crippen molar-refractivity contribution in [1.82, 2.24) is 19.7 Å². The van der Waals surface area contributed by atoms with E-state index in [9.17, 15) is 0 Å². The molecule has 4 rings (SSSR count). The maximum absolute atomic E-state index is 6.19. The summed E-state index contributed by atoms with van der Waals surface area (Å²) in [6.45, 7) is 6.74. The van der Waals surface area contributed by atoms with E-state index in [1.54, 1.807) is 41.3 Å². The standard InChI is InChI=1S/C23H20Cl2N4OS2/c1-3-10-29-21(12-30-20-11-16(24)8-9-19(20)25)27-28-23(29)32-14-17-13-31-22(26-17)18-7-5-4-6-15(18)2/h3-9,11,13H,1,10,12,14H2,2H3. The number of thiazole rings is 1. The van der Waals surface area contributed by atoms with Crippen LogP contribution in [0.1, 0.15) is 17.1 Å². The van der Waals surface area contributed by atoms with Crippen molar-refractivity contribution < 1.29 is 4.74 Å². The van der Waals surface area contributed by atoms with Crippen LogP contribution >= 0.6 is 46.3 Å². The molecule has 0 bridgehead atoms. The Balaban J connectivity index is 1.45. The van der Waals surface area contributed by atoms with Gasteiger partial charge in [0.1, 0.15) is 17.4 Å². The van der Waals surface area contributed by atoms with E-state index in [0.717, 1.165) is 15.9 Å². The molecule has 0 spiro atoms. The first-order valence-electron chi connectivity index (χ1n) is 9.79. The molecule has 5 nitrogen and oxygen atoms in total. The van der Waals surface area contributed by atoms with E-state index in [1.807, 2.05) is 22.8 Å². The summed E-state index contributed by atoms with van der Waals surface area (Å²) in [4.78, 5) is 4.80. The van der Waals surface area contributed by atoms with Crippen LogP contribution in [0.2, 0.25) is 10.0 Å². The minimum atomic E-state index is 0.218. The number of benzene rings is 2. The van der Waals surface area contributed by atoms with Crippen LogP contribution in [0, 0.1) is 6.92 Å². The van der Waals surface area contributed by atoms with E-state index in [-0.39, 0.29) is 6.61 Å². The first kappa shape index (κ1) is 22.9. The predicted octanol–water partition coefficient (Wildman–Crippen LogP) is 7.07. The Kier molecular flexibility index (Phi) is 7.52. The average Bonchev–Trinajstić information content (AvgIpc) is 3.41. The lowest BCUT2D eigenvalue weighted by Gasteiger charge is -2.10. The third kappa shape index (κ3) is 5.35. The monoisotopic (exact) mass is 502 g/mol. The van der Waals surface area contributed by atoms with Crippen LogP contribution < -0.4 is 4.74 Å². The van der Waals surface area contributed by atoms with Crippen LogP contribution in [0.25, 0.3) is 10.6 Å². The van der Waals surface area contributed by atoms with Crippen molar-refractivity contribution in [2.45, 2.75) is 31.0 Å². The van der Waals surface area contributed by atoms with Gasteiger partial charge < -0.3 is 4.74 Å². The molecule has 2 heterocycles. The Morgan fingerprint density at radius 1 is 1.19 bits per heavy atom. The van der Waals surface area contributed by atoms with Crippen molar-refractivity contribution in [1.29, 1.82) is 0 Å². The van der Waals surface area contributed by atoms with Crippen molar-refractivity contribution >= 4 is 46.3 Å². The van der Waals surface area contributed by atoms with Gasteiger partial charge in [-0.15, -0.1) is 28.1 Å². The van der Waals surface area contributed by atoms with Crippen molar-refractivity contribution in [2.75, 3.05) is 0 Å². The van der Waals surface area contributed by atoms with Gasteiger partial charge in [-0.3, -0.25) is 4.57 Å². The largest absolute Gasteiger partial charge is 0.484 e. The second kappa shape index (κ2) is 10.5. The minimum absolute atomic E-state index is 0.218. The Bertz CT molecular complexity index is 1240. The van der Waals surface area contributed by atoms with E-state index in [4.69, 9.17) is 32.9 Å². The highest BCUT2D eigenvalue weighted by molar-refractivity contribution is 7.98. The Morgan fingerprint density at radius 2 is 2.03 bits per heavy atom. The predicted molar refractivity (Wildman–Crippen MR) is 133 cm³/mol. The van der Waals surface area contributed by atoms with E-state index in [2.05, 4.69) is 41.2 Å². The molecule has 0 saturated carbocycles. The molecule has 32 heavy (non-hydrogen) atoms. The first-order chi connectivity index (χ1) is 15.5. The molecule has 4 aromatic rings. The molecule has 0 amide bonds. The number of halogens is 2. The van der Waals surface area contributed by atoms with Crippen molar-refractivity contribution in [3.05, 3.63) is 87.6 Å². The fraction of sp³-hybridized carbons (Fsp3) is 0.174. The zero-order valence-corrected chi connectivity index (χ0v) is 20.4. The zero-order valence-electron chi connectivity index (χ0n) is 17.3. The van der Waals surface area contributed by atoms with Crippen molar-refractivity contribution in [3.63, 3.8) is 0 Å². The number of rotatable bonds is 9. The number of hydrogen-bond donors (Lipinski definition) is 0. The molecule has 9 heteroatoms. The number of aryl methyl sites for hydroxylation is 1. The van der Waals surface area contributed by atoms with Gasteiger partial charge in [-0.2, -0.15) is 0 Å². The highest BCUT2D eigenvalue weighted by Gasteiger charge is 2.15. The number of aromatic nitrogens is 4. The molecule has 0 aliphatic heterocycles. The lowest BCUT2D eigenvalue weighted by atomic mass is 10.1. The molecule has 0 atom stereocenters. The third-order valence-electron chi connectivity index (χ3n) is 4.63. The van der Waals surface area contributed by atoms with Crippen LogP contribution in [0.15, 0.2) is 65.7 Å². The third-order valence-corrected chi connectivity index (χ3v) is 7.10. The van der Waals surface area contributed by atoms with Gasteiger partial charge in [0.2, 0.25) is 0 Å². The lowest BCUT2D eigenvalue weighted by molar-refractivity contribution is 0.289. The first-order valence-corrected chi connectivity index (χ1v) is 12.4. The molecule has 2 aromatic carbocycles. The second-order valence-electron chi connectivity index (χ2n) is 6.91. The number of allylic oxidation sites excluding steroid dienone is 1. The van der Waals surface area contributed by atoms with Gasteiger partial charge in [0.25, 0.3) is 0 Å². The molecule has 0 aliphatic rings. The van der Waals surface area contributed by atoms with Crippen LogP contribution in [0.5, 0.6) is 5.75 Å². The Labute approximate surface area is 205 Å². The van der Waals surface area contributed by atoms with E-state index >= 15 is 0 Å². The second-order valence-corrected chi connectivity index (χ2v) is 9.55. The van der Waals surface area contributed by atoms with E-state index < -0.39 is 0 Å². The maximum Gasteiger partial charge on any atom is 0.191 e. The fourth-order valence-corrected chi connectivity index (χ4v) is 5.23. The number of hydrogen-bond acceptors (Lipinski definition) is 6. The fourth-order valence-electron chi connectivity index (χ4n) is 3.02. The summed E-state index contributed by atoms with van der Waals surface area (Å²) in [6, 6.07) is 13.4. The zero-order chi connectivity index (χ0) is 22.5.